The predicted molar refractivity (Wildman–Crippen MR) is 149 cm³/mol. The van der Waals surface area contributed by atoms with E-state index < -0.39 is 17.9 Å². The van der Waals surface area contributed by atoms with Crippen molar-refractivity contribution in [2.45, 2.75) is 32.4 Å². The fraction of sp³-hybridized carbons (Fsp3) is 0.179. The van der Waals surface area contributed by atoms with Crippen molar-refractivity contribution in [2.75, 3.05) is 0 Å². The number of benzene rings is 2. The molecule has 0 aliphatic rings. The monoisotopic (exact) mass is 572 g/mol. The number of hydrogen-bond donors (Lipinski definition) is 2. The highest BCUT2D eigenvalue weighted by Gasteiger charge is 2.23. The van der Waals surface area contributed by atoms with E-state index in [-0.39, 0.29) is 31.0 Å². The molecule has 0 spiro atoms. The van der Waals surface area contributed by atoms with E-state index >= 15 is 0 Å². The lowest BCUT2D eigenvalue weighted by molar-refractivity contribution is -0.129. The average molecular weight is 573 g/mol. The third-order valence-corrected chi connectivity index (χ3v) is 6.15. The summed E-state index contributed by atoms with van der Waals surface area (Å²) in [6, 6.07) is 10.5. The molecule has 4 rings (SSSR count). The van der Waals surface area contributed by atoms with E-state index in [1.165, 1.54) is 48.7 Å². The molecule has 0 aliphatic heterocycles. The Kier molecular flexibility index (Phi) is 9.73. The largest absolute Gasteiger partial charge is 0.350 e. The molecule has 0 fully saturated rings. The Balaban J connectivity index is 1.48. The summed E-state index contributed by atoms with van der Waals surface area (Å²) in [5.41, 5.74) is 2.83. The highest BCUT2D eigenvalue weighted by Crippen LogP contribution is 2.20. The lowest BCUT2D eigenvalue weighted by atomic mass is 9.99. The number of nitrogens with zero attached hydrogens (tertiary/aromatic N) is 6. The van der Waals surface area contributed by atoms with Crippen LogP contribution in [-0.2, 0) is 27.3 Å². The van der Waals surface area contributed by atoms with Crippen molar-refractivity contribution in [3.8, 4) is 5.69 Å². The summed E-state index contributed by atoms with van der Waals surface area (Å²) in [4.78, 5) is 58.5. The molecule has 2 heterocycles. The Labute approximate surface area is 239 Å². The van der Waals surface area contributed by atoms with E-state index in [0.29, 0.717) is 33.1 Å². The van der Waals surface area contributed by atoms with Gasteiger partial charge in [0.15, 0.2) is 11.6 Å². The minimum Gasteiger partial charge on any atom is -0.350 e. The van der Waals surface area contributed by atoms with Crippen LogP contribution in [0.15, 0.2) is 73.5 Å². The van der Waals surface area contributed by atoms with Crippen LogP contribution in [0.1, 0.15) is 40.5 Å². The minimum atomic E-state index is -1.13. The maximum absolute atomic E-state index is 13.3. The molecule has 208 valence electrons. The number of carbonyl (C=O) groups excluding carboxylic acids is 4. The van der Waals surface area contributed by atoms with E-state index in [1.54, 1.807) is 42.5 Å². The normalized spacial score (nSPS) is 11.7. The molecule has 2 amide bonds. The van der Waals surface area contributed by atoms with Gasteiger partial charge in [0.1, 0.15) is 6.33 Å². The fourth-order valence-corrected chi connectivity index (χ4v) is 4.00. The van der Waals surface area contributed by atoms with Crippen LogP contribution >= 0.6 is 11.6 Å². The highest BCUT2D eigenvalue weighted by molar-refractivity contribution is 6.30. The quantitative estimate of drug-likeness (QED) is 0.192. The van der Waals surface area contributed by atoms with Crippen molar-refractivity contribution in [3.05, 3.63) is 101 Å². The molecule has 13 heteroatoms. The Bertz CT molecular complexity index is 1560. The molecule has 1 atom stereocenters. The molecule has 0 radical (unpaired) electrons. The molecule has 4 aromatic rings. The Morgan fingerprint density at radius 2 is 1.88 bits per heavy atom. The van der Waals surface area contributed by atoms with Crippen molar-refractivity contribution in [1.29, 1.82) is 0 Å². The molecule has 41 heavy (non-hydrogen) atoms. The smallest absolute Gasteiger partial charge is 0.244 e. The average Bonchev–Trinajstić information content (AvgIpc) is 3.50. The van der Waals surface area contributed by atoms with Gasteiger partial charge in [-0.25, -0.2) is 0 Å². The second kappa shape index (κ2) is 13.8. The number of hydrogen-bond acceptors (Lipinski definition) is 9. The van der Waals surface area contributed by atoms with E-state index in [0.717, 1.165) is 0 Å². The fourth-order valence-electron chi connectivity index (χ4n) is 3.82. The molecule has 0 bridgehead atoms. The topological polar surface area (TPSA) is 162 Å². The number of amides is 2. The van der Waals surface area contributed by atoms with Crippen LogP contribution in [-0.4, -0.2) is 59.6 Å². The summed E-state index contributed by atoms with van der Waals surface area (Å²) in [6.45, 7) is 1.57. The summed E-state index contributed by atoms with van der Waals surface area (Å²) in [5.74, 6) is -1.53. The zero-order valence-corrected chi connectivity index (χ0v) is 22.7. The minimum absolute atomic E-state index is 0.0535. The van der Waals surface area contributed by atoms with Gasteiger partial charge in [0.25, 0.3) is 0 Å². The second-order valence-electron chi connectivity index (χ2n) is 8.93. The maximum Gasteiger partial charge on any atom is 0.244 e. The van der Waals surface area contributed by atoms with Gasteiger partial charge in [0.05, 0.1) is 36.6 Å². The van der Waals surface area contributed by atoms with Crippen LogP contribution in [0.5, 0.6) is 0 Å². The number of carbonyl (C=O) groups is 4. The SMILES string of the molecule is CC(=O)c1ccc(CC(=O)[C@H](CC(=O)NCc2cnccn2)NC(=O)/C=C/c2cc(Cl)ccc2-n2cnnn2)cc1. The van der Waals surface area contributed by atoms with Gasteiger partial charge < -0.3 is 10.6 Å². The van der Waals surface area contributed by atoms with Crippen LogP contribution in [0, 0.1) is 0 Å². The van der Waals surface area contributed by atoms with Crippen molar-refractivity contribution in [3.63, 3.8) is 0 Å². The Morgan fingerprint density at radius 3 is 2.56 bits per heavy atom. The summed E-state index contributed by atoms with van der Waals surface area (Å²) in [6.07, 6.45) is 8.33. The molecule has 2 aromatic carbocycles. The van der Waals surface area contributed by atoms with Gasteiger partial charge in [-0.15, -0.1) is 5.10 Å². The first-order valence-corrected chi connectivity index (χ1v) is 12.8. The van der Waals surface area contributed by atoms with Crippen LogP contribution in [0.2, 0.25) is 5.02 Å². The number of ketones is 2. The first-order valence-electron chi connectivity index (χ1n) is 12.4. The van der Waals surface area contributed by atoms with Crippen LogP contribution in [0.25, 0.3) is 11.8 Å². The third kappa shape index (κ3) is 8.44. The zero-order valence-electron chi connectivity index (χ0n) is 21.9. The van der Waals surface area contributed by atoms with E-state index in [1.807, 2.05) is 0 Å². The van der Waals surface area contributed by atoms with Gasteiger partial charge in [-0.1, -0.05) is 35.9 Å². The second-order valence-corrected chi connectivity index (χ2v) is 9.36. The Morgan fingerprint density at radius 1 is 1.07 bits per heavy atom. The summed E-state index contributed by atoms with van der Waals surface area (Å²) in [5, 5.41) is 16.9. The lowest BCUT2D eigenvalue weighted by Gasteiger charge is -2.17. The standard InChI is InChI=1S/C28H25ClN8O4/c1-18(38)20-4-2-19(3-5-20)12-26(39)24(14-28(41)32-16-23-15-30-10-11-31-23)34-27(40)9-6-21-13-22(29)7-8-25(21)37-17-33-35-36-37/h2-11,13,15,17,24H,12,14,16H2,1H3,(H,32,41)(H,34,40)/b9-6+/t24-/m0/s1. The van der Waals surface area contributed by atoms with Gasteiger partial charge >= 0.3 is 0 Å². The molecular weight excluding hydrogens is 548 g/mol. The van der Waals surface area contributed by atoms with Crippen molar-refractivity contribution >= 4 is 41.1 Å². The van der Waals surface area contributed by atoms with Crippen molar-refractivity contribution in [1.82, 2.24) is 40.8 Å². The van der Waals surface area contributed by atoms with Gasteiger partial charge in [0, 0.05) is 41.0 Å². The van der Waals surface area contributed by atoms with E-state index in [9.17, 15) is 19.2 Å². The lowest BCUT2D eigenvalue weighted by Crippen LogP contribution is -2.44. The summed E-state index contributed by atoms with van der Waals surface area (Å²) >= 11 is 6.14. The van der Waals surface area contributed by atoms with Crippen LogP contribution in [0.4, 0.5) is 0 Å². The highest BCUT2D eigenvalue weighted by atomic mass is 35.5. The Hall–Kier alpha value is -5.10. The number of nitrogens with one attached hydrogen (secondary N) is 2. The van der Waals surface area contributed by atoms with E-state index in [2.05, 4.69) is 36.1 Å². The first-order chi connectivity index (χ1) is 19.8. The molecule has 12 nitrogen and oxygen atoms in total. The van der Waals surface area contributed by atoms with Crippen molar-refractivity contribution < 1.29 is 19.2 Å². The number of Topliss-reactive ketones (excluding diaryl/α,β-unsaturated/α-hetero) is 2. The number of aromatic nitrogens is 6. The van der Waals surface area contributed by atoms with Crippen LogP contribution in [0.3, 0.4) is 0 Å². The maximum atomic E-state index is 13.3. The summed E-state index contributed by atoms with van der Waals surface area (Å²) < 4.78 is 1.42. The predicted octanol–water partition coefficient (Wildman–Crippen LogP) is 2.32. The first kappa shape index (κ1) is 28.9. The summed E-state index contributed by atoms with van der Waals surface area (Å²) in [7, 11) is 0. The third-order valence-electron chi connectivity index (χ3n) is 5.92. The molecule has 0 aliphatic carbocycles. The van der Waals surface area contributed by atoms with Gasteiger partial charge in [-0.2, -0.15) is 4.68 Å². The number of tetrazole rings is 1. The molecule has 0 saturated carbocycles. The van der Waals surface area contributed by atoms with Gasteiger partial charge in [-0.05, 0) is 47.2 Å². The molecular formula is C28H25ClN8O4. The number of rotatable bonds is 12. The number of halogens is 1. The molecule has 0 saturated heterocycles. The van der Waals surface area contributed by atoms with Gasteiger partial charge in [-0.3, -0.25) is 29.1 Å². The van der Waals surface area contributed by atoms with Crippen LogP contribution < -0.4 is 10.6 Å². The van der Waals surface area contributed by atoms with Crippen molar-refractivity contribution in [2.24, 2.45) is 0 Å². The molecule has 0 unspecified atom stereocenters. The van der Waals surface area contributed by atoms with E-state index in [4.69, 9.17) is 11.6 Å². The zero-order chi connectivity index (χ0) is 29.2. The molecule has 2 aromatic heterocycles. The molecule has 2 N–H and O–H groups in total. The van der Waals surface area contributed by atoms with Gasteiger partial charge in [0.2, 0.25) is 11.8 Å².